The van der Waals surface area contributed by atoms with E-state index in [-0.39, 0.29) is 23.4 Å². The van der Waals surface area contributed by atoms with Gasteiger partial charge >= 0.3 is 5.97 Å². The van der Waals surface area contributed by atoms with Crippen LogP contribution in [-0.4, -0.2) is 22.1 Å². The zero-order chi connectivity index (χ0) is 27.8. The van der Waals surface area contributed by atoms with Gasteiger partial charge in [-0.1, -0.05) is 35.1 Å². The van der Waals surface area contributed by atoms with Crippen LogP contribution in [0.25, 0.3) is 17.4 Å². The summed E-state index contributed by atoms with van der Waals surface area (Å²) in [7, 11) is 0. The summed E-state index contributed by atoms with van der Waals surface area (Å²) < 4.78 is 13.6. The third kappa shape index (κ3) is 5.12. The number of furan rings is 1. The fraction of sp³-hybridized carbons (Fsp3) is 0.148. The number of carbonyl (C=O) groups is 1. The van der Waals surface area contributed by atoms with Gasteiger partial charge in [-0.25, -0.2) is 9.79 Å². The van der Waals surface area contributed by atoms with Gasteiger partial charge in [0, 0.05) is 33.3 Å². The van der Waals surface area contributed by atoms with Crippen molar-refractivity contribution >= 4 is 56.6 Å². The highest BCUT2D eigenvalue weighted by molar-refractivity contribution is 9.10. The number of rotatable bonds is 6. The first-order valence-corrected chi connectivity index (χ1v) is 13.7. The summed E-state index contributed by atoms with van der Waals surface area (Å²) in [4.78, 5) is 42.2. The molecule has 12 heteroatoms. The molecule has 1 aliphatic heterocycles. The number of ether oxygens (including phenoxy) is 1. The van der Waals surface area contributed by atoms with Gasteiger partial charge in [0.25, 0.3) is 11.2 Å². The van der Waals surface area contributed by atoms with Crippen molar-refractivity contribution in [1.29, 1.82) is 0 Å². The van der Waals surface area contributed by atoms with E-state index in [1.165, 1.54) is 28.0 Å². The molecular weight excluding hydrogens is 610 g/mol. The van der Waals surface area contributed by atoms with E-state index in [2.05, 4.69) is 20.9 Å². The van der Waals surface area contributed by atoms with Crippen molar-refractivity contribution < 1.29 is 18.9 Å². The van der Waals surface area contributed by atoms with Crippen LogP contribution in [0.1, 0.15) is 31.2 Å². The zero-order valence-corrected chi connectivity index (χ0v) is 23.7. The molecule has 9 nitrogen and oxygen atoms in total. The number of nitro benzene ring substituents is 1. The number of fused-ring (bicyclic) bond motifs is 1. The molecule has 2 aromatic heterocycles. The summed E-state index contributed by atoms with van der Waals surface area (Å²) in [6, 6.07) is 14.0. The van der Waals surface area contributed by atoms with Gasteiger partial charge < -0.3 is 9.15 Å². The Bertz CT molecular complexity index is 1840. The number of benzene rings is 2. The van der Waals surface area contributed by atoms with Crippen LogP contribution in [0.4, 0.5) is 5.69 Å². The second-order valence-corrected chi connectivity index (χ2v) is 10.8. The number of aromatic nitrogens is 1. The molecule has 0 amide bonds. The Morgan fingerprint density at radius 1 is 1.26 bits per heavy atom. The van der Waals surface area contributed by atoms with Gasteiger partial charge in [-0.15, -0.1) is 0 Å². The Morgan fingerprint density at radius 2 is 2.00 bits per heavy atom. The van der Waals surface area contributed by atoms with Crippen LogP contribution in [0, 0.1) is 10.1 Å². The van der Waals surface area contributed by atoms with Crippen LogP contribution in [0.2, 0.25) is 5.02 Å². The fourth-order valence-electron chi connectivity index (χ4n) is 4.27. The van der Waals surface area contributed by atoms with Gasteiger partial charge in [0.15, 0.2) is 4.80 Å². The van der Waals surface area contributed by atoms with Crippen molar-refractivity contribution in [3.05, 3.63) is 116 Å². The Balaban J connectivity index is 1.60. The predicted molar refractivity (Wildman–Crippen MR) is 150 cm³/mol. The number of nitrogens with zero attached hydrogens (tertiary/aromatic N) is 3. The number of halogens is 2. The number of non-ortho nitro benzene ring substituents is 1. The summed E-state index contributed by atoms with van der Waals surface area (Å²) in [5, 5.41) is 11.6. The van der Waals surface area contributed by atoms with Crippen LogP contribution in [0.15, 0.2) is 84.5 Å². The second kappa shape index (κ2) is 10.8. The largest absolute Gasteiger partial charge is 0.463 e. The van der Waals surface area contributed by atoms with Crippen LogP contribution < -0.4 is 14.9 Å². The molecule has 1 unspecified atom stereocenters. The molecule has 0 spiro atoms. The normalized spacial score (nSPS) is 15.2. The van der Waals surface area contributed by atoms with Crippen molar-refractivity contribution in [1.82, 2.24) is 4.57 Å². The third-order valence-electron chi connectivity index (χ3n) is 6.03. The Kier molecular flexibility index (Phi) is 7.39. The molecule has 0 radical (unpaired) electrons. The molecule has 1 atom stereocenters. The molecule has 5 rings (SSSR count). The van der Waals surface area contributed by atoms with Crippen molar-refractivity contribution in [2.24, 2.45) is 4.99 Å². The van der Waals surface area contributed by atoms with Gasteiger partial charge in [0.05, 0.1) is 33.4 Å². The van der Waals surface area contributed by atoms with Gasteiger partial charge in [0.2, 0.25) is 0 Å². The average Bonchev–Trinajstić information content (AvgIpc) is 3.48. The number of esters is 1. The molecule has 0 fully saturated rings. The number of nitro groups is 1. The first-order chi connectivity index (χ1) is 18.7. The highest BCUT2D eigenvalue weighted by atomic mass is 79.9. The fourth-order valence-corrected chi connectivity index (χ4v) is 5.99. The number of carbonyl (C=O) groups excluding carboxylic acids is 1. The molecule has 0 saturated heterocycles. The van der Waals surface area contributed by atoms with E-state index < -0.39 is 16.9 Å². The standard InChI is InChI=1S/C27H19BrClN3O6S/c1-3-37-26(34)23-14(2)30-27-31(24(23)15-4-6-16(29)7-5-15)25(33)22(39-27)13-18-9-11-21(38-18)19-10-8-17(32(35)36)12-20(19)28/h4-13,24H,3H2,1-2H3. The molecule has 0 saturated carbocycles. The van der Waals surface area contributed by atoms with Crippen LogP contribution >= 0.6 is 38.9 Å². The van der Waals surface area contributed by atoms with Gasteiger partial charge in [-0.2, -0.15) is 0 Å². The lowest BCUT2D eigenvalue weighted by Gasteiger charge is -2.24. The lowest BCUT2D eigenvalue weighted by atomic mass is 9.96. The minimum atomic E-state index is -0.747. The maximum Gasteiger partial charge on any atom is 0.338 e. The number of allylic oxidation sites excluding steroid dienone is 1. The van der Waals surface area contributed by atoms with E-state index >= 15 is 0 Å². The Morgan fingerprint density at radius 3 is 2.67 bits per heavy atom. The summed E-state index contributed by atoms with van der Waals surface area (Å²) in [5.74, 6) is 0.331. The number of hydrogen-bond donors (Lipinski definition) is 0. The highest BCUT2D eigenvalue weighted by Gasteiger charge is 2.33. The van der Waals surface area contributed by atoms with Crippen LogP contribution in [0.5, 0.6) is 0 Å². The van der Waals surface area contributed by atoms with Crippen molar-refractivity contribution in [3.63, 3.8) is 0 Å². The molecule has 0 aliphatic carbocycles. The summed E-state index contributed by atoms with van der Waals surface area (Å²) in [6.45, 7) is 3.61. The molecular formula is C27H19BrClN3O6S. The quantitative estimate of drug-likeness (QED) is 0.161. The lowest BCUT2D eigenvalue weighted by Crippen LogP contribution is -2.39. The van der Waals surface area contributed by atoms with E-state index in [0.717, 1.165) is 0 Å². The van der Waals surface area contributed by atoms with Crippen molar-refractivity contribution in [2.75, 3.05) is 6.61 Å². The van der Waals surface area contributed by atoms with E-state index in [1.807, 2.05) is 0 Å². The van der Waals surface area contributed by atoms with Crippen LogP contribution in [0.3, 0.4) is 0 Å². The molecule has 0 bridgehead atoms. The first kappa shape index (κ1) is 26.8. The summed E-state index contributed by atoms with van der Waals surface area (Å²) >= 11 is 10.6. The number of thiazole rings is 1. The number of hydrogen-bond acceptors (Lipinski definition) is 8. The van der Waals surface area contributed by atoms with Crippen molar-refractivity contribution in [2.45, 2.75) is 19.9 Å². The third-order valence-corrected chi connectivity index (χ3v) is 7.92. The zero-order valence-electron chi connectivity index (χ0n) is 20.5. The van der Waals surface area contributed by atoms with Gasteiger partial charge in [0.1, 0.15) is 11.5 Å². The highest BCUT2D eigenvalue weighted by Crippen LogP contribution is 2.33. The topological polar surface area (TPSA) is 117 Å². The molecule has 198 valence electrons. The Labute approximate surface area is 238 Å². The van der Waals surface area contributed by atoms with Crippen molar-refractivity contribution in [3.8, 4) is 11.3 Å². The SMILES string of the molecule is CCOC(=O)C1=C(C)N=c2sc(=Cc3ccc(-c4ccc([N+](=O)[O-])cc4Br)o3)c(=O)n2C1c1ccc(Cl)cc1. The van der Waals surface area contributed by atoms with E-state index in [1.54, 1.807) is 62.4 Å². The smallest absolute Gasteiger partial charge is 0.338 e. The minimum absolute atomic E-state index is 0.0498. The van der Waals surface area contributed by atoms with E-state index in [9.17, 15) is 19.7 Å². The average molecular weight is 629 g/mol. The lowest BCUT2D eigenvalue weighted by molar-refractivity contribution is -0.384. The molecule has 4 aromatic rings. The molecule has 39 heavy (non-hydrogen) atoms. The van der Waals surface area contributed by atoms with E-state index in [0.29, 0.717) is 47.2 Å². The Hall–Kier alpha value is -3.80. The molecule has 0 N–H and O–H groups in total. The summed E-state index contributed by atoms with van der Waals surface area (Å²) in [5.41, 5.74) is 1.66. The maximum atomic E-state index is 13.7. The first-order valence-electron chi connectivity index (χ1n) is 11.7. The van der Waals surface area contributed by atoms with Gasteiger partial charge in [-0.3, -0.25) is 19.5 Å². The molecule has 3 heterocycles. The summed E-state index contributed by atoms with van der Waals surface area (Å²) in [6.07, 6.45) is 1.61. The van der Waals surface area contributed by atoms with E-state index in [4.69, 9.17) is 20.8 Å². The molecule has 1 aliphatic rings. The second-order valence-electron chi connectivity index (χ2n) is 8.48. The molecule has 2 aromatic carbocycles. The van der Waals surface area contributed by atoms with Gasteiger partial charge in [-0.05, 0) is 65.7 Å². The minimum Gasteiger partial charge on any atom is -0.463 e. The predicted octanol–water partition coefficient (Wildman–Crippen LogP) is 5.38. The monoisotopic (exact) mass is 627 g/mol. The van der Waals surface area contributed by atoms with Crippen LogP contribution in [-0.2, 0) is 9.53 Å². The maximum absolute atomic E-state index is 13.7.